The van der Waals surface area contributed by atoms with E-state index < -0.39 is 6.43 Å². The third-order valence-electron chi connectivity index (χ3n) is 1.90. The van der Waals surface area contributed by atoms with Crippen molar-refractivity contribution in [1.29, 1.82) is 0 Å². The molecule has 2 aromatic heterocycles. The molecule has 14 heavy (non-hydrogen) atoms. The summed E-state index contributed by atoms with van der Waals surface area (Å²) < 4.78 is 26.1. The fourth-order valence-electron chi connectivity index (χ4n) is 1.33. The molecule has 0 saturated heterocycles. The highest BCUT2D eigenvalue weighted by molar-refractivity contribution is 7.71. The summed E-state index contributed by atoms with van der Waals surface area (Å²) in [6, 6.07) is 1.66. The molecule has 0 aliphatic rings. The first-order chi connectivity index (χ1) is 6.68. The Morgan fingerprint density at radius 3 is 3.07 bits per heavy atom. The molecule has 0 aromatic carbocycles. The van der Waals surface area contributed by atoms with Crippen molar-refractivity contribution in [2.45, 2.75) is 13.0 Å². The van der Waals surface area contributed by atoms with Gasteiger partial charge >= 0.3 is 0 Å². The average molecular weight is 215 g/mol. The minimum absolute atomic E-state index is 0.299. The van der Waals surface area contributed by atoms with Crippen molar-refractivity contribution in [2.75, 3.05) is 0 Å². The molecule has 2 rings (SSSR count). The normalized spacial score (nSPS) is 11.4. The molecule has 1 N–H and O–H groups in total. The molecule has 0 unspecified atom stereocenters. The molecule has 0 spiro atoms. The van der Waals surface area contributed by atoms with Gasteiger partial charge in [-0.05, 0) is 18.3 Å². The minimum Gasteiger partial charge on any atom is -0.329 e. The van der Waals surface area contributed by atoms with Gasteiger partial charge in [-0.25, -0.2) is 8.78 Å². The fraction of sp³-hybridized carbons (Fsp3) is 0.250. The van der Waals surface area contributed by atoms with Crippen LogP contribution < -0.4 is 0 Å². The van der Waals surface area contributed by atoms with E-state index in [1.807, 2.05) is 0 Å². The minimum atomic E-state index is -2.41. The van der Waals surface area contributed by atoms with E-state index in [0.29, 0.717) is 15.8 Å². The Balaban J connectivity index is 2.62. The fourth-order valence-corrected chi connectivity index (χ4v) is 1.61. The van der Waals surface area contributed by atoms with Crippen LogP contribution in [0.2, 0.25) is 0 Å². The van der Waals surface area contributed by atoms with Crippen molar-refractivity contribution in [1.82, 2.24) is 14.5 Å². The monoisotopic (exact) mass is 215 g/mol. The lowest BCUT2D eigenvalue weighted by Gasteiger charge is -2.01. The van der Waals surface area contributed by atoms with E-state index in [1.54, 1.807) is 18.5 Å². The van der Waals surface area contributed by atoms with E-state index in [-0.39, 0.29) is 6.54 Å². The maximum Gasteiger partial charge on any atom is 0.256 e. The number of rotatable bonds is 2. The molecule has 6 heteroatoms. The molecule has 0 aliphatic heterocycles. The molecule has 0 atom stereocenters. The summed E-state index contributed by atoms with van der Waals surface area (Å²) in [6.45, 7) is -0.386. The molecule has 0 saturated carbocycles. The first kappa shape index (κ1) is 9.26. The largest absolute Gasteiger partial charge is 0.329 e. The van der Waals surface area contributed by atoms with E-state index in [9.17, 15) is 8.78 Å². The van der Waals surface area contributed by atoms with E-state index >= 15 is 0 Å². The van der Waals surface area contributed by atoms with Gasteiger partial charge in [-0.1, -0.05) is 0 Å². The summed E-state index contributed by atoms with van der Waals surface area (Å²) >= 11 is 4.92. The standard InChI is InChI=1S/C8H7F2N3S/c9-7(10)4-13-6-1-2-11-3-5(6)12-8(13)14/h1-3,7H,4H2,(H,12,14). The van der Waals surface area contributed by atoms with Crippen LogP contribution in [0.5, 0.6) is 0 Å². The van der Waals surface area contributed by atoms with Crippen LogP contribution in [0.25, 0.3) is 11.0 Å². The summed E-state index contributed by atoms with van der Waals surface area (Å²) in [5.41, 5.74) is 1.34. The predicted octanol–water partition coefficient (Wildman–Crippen LogP) is 2.36. The quantitative estimate of drug-likeness (QED) is 0.780. The highest BCUT2D eigenvalue weighted by Gasteiger charge is 2.09. The number of alkyl halides is 2. The lowest BCUT2D eigenvalue weighted by Crippen LogP contribution is -2.06. The summed E-state index contributed by atoms with van der Waals surface area (Å²) in [5, 5.41) is 0. The molecule has 3 nitrogen and oxygen atoms in total. The number of aromatic amines is 1. The number of halogens is 2. The lowest BCUT2D eigenvalue weighted by atomic mass is 10.4. The van der Waals surface area contributed by atoms with Crippen LogP contribution in [0, 0.1) is 4.77 Å². The maximum absolute atomic E-state index is 12.2. The number of aromatic nitrogens is 3. The second kappa shape index (κ2) is 3.45. The Bertz CT molecular complexity index is 503. The topological polar surface area (TPSA) is 33.6 Å². The summed E-state index contributed by atoms with van der Waals surface area (Å²) in [7, 11) is 0. The molecule has 0 amide bonds. The smallest absolute Gasteiger partial charge is 0.256 e. The van der Waals surface area contributed by atoms with Crippen LogP contribution in [0.1, 0.15) is 0 Å². The van der Waals surface area contributed by atoms with E-state index in [4.69, 9.17) is 12.2 Å². The number of pyridine rings is 1. The molecule has 0 aliphatic carbocycles. The molecule has 0 fully saturated rings. The maximum atomic E-state index is 12.2. The highest BCUT2D eigenvalue weighted by Crippen LogP contribution is 2.13. The summed E-state index contributed by atoms with van der Waals surface area (Å²) in [4.78, 5) is 6.68. The van der Waals surface area contributed by atoms with Crippen molar-refractivity contribution in [3.8, 4) is 0 Å². The van der Waals surface area contributed by atoms with Crippen LogP contribution in [0.15, 0.2) is 18.5 Å². The van der Waals surface area contributed by atoms with Crippen LogP contribution >= 0.6 is 12.2 Å². The van der Waals surface area contributed by atoms with Gasteiger partial charge in [0.25, 0.3) is 6.43 Å². The van der Waals surface area contributed by atoms with Crippen molar-refractivity contribution >= 4 is 23.3 Å². The van der Waals surface area contributed by atoms with Crippen molar-refractivity contribution in [2.24, 2.45) is 0 Å². The Labute approximate surface area is 83.4 Å². The second-order valence-electron chi connectivity index (χ2n) is 2.82. The zero-order valence-corrected chi connectivity index (χ0v) is 7.89. The van der Waals surface area contributed by atoms with Crippen LogP contribution in [0.3, 0.4) is 0 Å². The SMILES string of the molecule is FC(F)Cn1c(=S)[nH]c2cnccc21. The molecule has 74 valence electrons. The zero-order chi connectivity index (χ0) is 10.1. The van der Waals surface area contributed by atoms with E-state index in [1.165, 1.54) is 4.57 Å². The second-order valence-corrected chi connectivity index (χ2v) is 3.21. The lowest BCUT2D eigenvalue weighted by molar-refractivity contribution is 0.127. The van der Waals surface area contributed by atoms with Gasteiger partial charge < -0.3 is 9.55 Å². The number of nitrogens with one attached hydrogen (secondary N) is 1. The van der Waals surface area contributed by atoms with Gasteiger partial charge in [-0.15, -0.1) is 0 Å². The average Bonchev–Trinajstić information content (AvgIpc) is 2.43. The number of imidazole rings is 1. The van der Waals surface area contributed by atoms with Gasteiger partial charge in [0.15, 0.2) is 4.77 Å². The number of nitrogens with zero attached hydrogens (tertiary/aromatic N) is 2. The van der Waals surface area contributed by atoms with Gasteiger partial charge in [0.05, 0.1) is 23.8 Å². The number of hydrogen-bond acceptors (Lipinski definition) is 2. The van der Waals surface area contributed by atoms with Crippen molar-refractivity contribution < 1.29 is 8.78 Å². The molecule has 0 radical (unpaired) electrons. The first-order valence-electron chi connectivity index (χ1n) is 3.99. The molecule has 2 aromatic rings. The van der Waals surface area contributed by atoms with Crippen molar-refractivity contribution in [3.05, 3.63) is 23.2 Å². The van der Waals surface area contributed by atoms with E-state index in [0.717, 1.165) is 0 Å². The van der Waals surface area contributed by atoms with Gasteiger partial charge in [0, 0.05) is 6.20 Å². The highest BCUT2D eigenvalue weighted by atomic mass is 32.1. The van der Waals surface area contributed by atoms with Gasteiger partial charge in [0.1, 0.15) is 0 Å². The van der Waals surface area contributed by atoms with E-state index in [2.05, 4.69) is 9.97 Å². The number of fused-ring (bicyclic) bond motifs is 1. The molecular weight excluding hydrogens is 208 g/mol. The van der Waals surface area contributed by atoms with Crippen LogP contribution in [-0.2, 0) is 6.54 Å². The van der Waals surface area contributed by atoms with Crippen LogP contribution in [0.4, 0.5) is 8.78 Å². The molecular formula is C8H7F2N3S. The van der Waals surface area contributed by atoms with Crippen LogP contribution in [-0.4, -0.2) is 21.0 Å². The first-order valence-corrected chi connectivity index (χ1v) is 4.40. The summed E-state index contributed by atoms with van der Waals surface area (Å²) in [5.74, 6) is 0. The summed E-state index contributed by atoms with van der Waals surface area (Å²) in [6.07, 6.45) is 0.703. The third kappa shape index (κ3) is 1.52. The predicted molar refractivity (Wildman–Crippen MR) is 50.9 cm³/mol. The Hall–Kier alpha value is -1.30. The number of H-pyrrole nitrogens is 1. The van der Waals surface area contributed by atoms with Gasteiger partial charge in [-0.3, -0.25) is 4.98 Å². The zero-order valence-electron chi connectivity index (χ0n) is 7.08. The Kier molecular flexibility index (Phi) is 2.28. The molecule has 2 heterocycles. The Morgan fingerprint density at radius 2 is 2.36 bits per heavy atom. The number of hydrogen-bond donors (Lipinski definition) is 1. The van der Waals surface area contributed by atoms with Crippen molar-refractivity contribution in [3.63, 3.8) is 0 Å². The molecule has 0 bridgehead atoms. The Morgan fingerprint density at radius 1 is 1.57 bits per heavy atom. The van der Waals surface area contributed by atoms with Gasteiger partial charge in [0.2, 0.25) is 0 Å². The third-order valence-corrected chi connectivity index (χ3v) is 2.22. The van der Waals surface area contributed by atoms with Gasteiger partial charge in [-0.2, -0.15) is 0 Å².